The summed E-state index contributed by atoms with van der Waals surface area (Å²) in [6, 6.07) is 4.96. The van der Waals surface area contributed by atoms with Gasteiger partial charge < -0.3 is 19.5 Å². The molecule has 1 aliphatic rings. The number of thiophene rings is 1. The Morgan fingerprint density at radius 2 is 1.96 bits per heavy atom. The minimum atomic E-state index is -0.378. The van der Waals surface area contributed by atoms with E-state index in [1.54, 1.807) is 32.2 Å². The number of carbonyl (C=O) groups is 2. The van der Waals surface area contributed by atoms with Crippen molar-refractivity contribution in [3.05, 3.63) is 39.8 Å². The van der Waals surface area contributed by atoms with E-state index < -0.39 is 0 Å². The van der Waals surface area contributed by atoms with Crippen molar-refractivity contribution in [1.29, 1.82) is 0 Å². The van der Waals surface area contributed by atoms with Crippen LogP contribution in [0.15, 0.2) is 18.2 Å². The Bertz CT molecular complexity index is 889. The number of amides is 1. The van der Waals surface area contributed by atoms with E-state index in [9.17, 15) is 9.59 Å². The maximum absolute atomic E-state index is 12.8. The van der Waals surface area contributed by atoms with Crippen LogP contribution in [0.4, 0.5) is 5.00 Å². The molecule has 0 saturated heterocycles. The van der Waals surface area contributed by atoms with Gasteiger partial charge in [-0.2, -0.15) is 0 Å². The molecular formula is C21H25NO5S. The quantitative estimate of drug-likeness (QED) is 0.727. The lowest BCUT2D eigenvalue weighted by Gasteiger charge is -2.18. The Morgan fingerprint density at radius 1 is 1.21 bits per heavy atom. The monoisotopic (exact) mass is 403 g/mol. The van der Waals surface area contributed by atoms with Gasteiger partial charge in [-0.3, -0.25) is 4.79 Å². The molecule has 1 unspecified atom stereocenters. The van der Waals surface area contributed by atoms with Gasteiger partial charge in [0.2, 0.25) is 0 Å². The summed E-state index contributed by atoms with van der Waals surface area (Å²) in [7, 11) is 3.06. The molecule has 1 N–H and O–H groups in total. The zero-order valence-corrected chi connectivity index (χ0v) is 17.4. The zero-order valence-electron chi connectivity index (χ0n) is 16.6. The smallest absolute Gasteiger partial charge is 0.341 e. The maximum atomic E-state index is 12.8. The Hall–Kier alpha value is -2.54. The number of aryl methyl sites for hydroxylation is 1. The highest BCUT2D eigenvalue weighted by Crippen LogP contribution is 2.40. The van der Waals surface area contributed by atoms with Crippen molar-refractivity contribution in [2.75, 3.05) is 26.1 Å². The molecule has 0 aliphatic heterocycles. The number of methoxy groups -OCH3 is 2. The van der Waals surface area contributed by atoms with Gasteiger partial charge in [0.15, 0.2) is 11.5 Å². The lowest BCUT2D eigenvalue weighted by Crippen LogP contribution is -2.17. The molecular weight excluding hydrogens is 378 g/mol. The first-order chi connectivity index (χ1) is 13.5. The van der Waals surface area contributed by atoms with Crippen LogP contribution in [0.1, 0.15) is 51.4 Å². The number of rotatable bonds is 6. The molecule has 0 fully saturated rings. The van der Waals surface area contributed by atoms with Gasteiger partial charge in [-0.05, 0) is 55.9 Å². The lowest BCUT2D eigenvalue weighted by molar-refractivity contribution is 0.0526. The van der Waals surface area contributed by atoms with Crippen molar-refractivity contribution in [3.63, 3.8) is 0 Å². The molecule has 1 aliphatic carbocycles. The van der Waals surface area contributed by atoms with Crippen LogP contribution < -0.4 is 14.8 Å². The second-order valence-electron chi connectivity index (χ2n) is 6.80. The highest BCUT2D eigenvalue weighted by Gasteiger charge is 2.29. The van der Waals surface area contributed by atoms with Crippen molar-refractivity contribution in [1.82, 2.24) is 0 Å². The SMILES string of the molecule is CCOC(=O)c1c(NC(=O)c2ccc(OC)c(OC)c2)sc2c1CC(C)CC2. The van der Waals surface area contributed by atoms with Crippen LogP contribution in [-0.4, -0.2) is 32.7 Å². The Morgan fingerprint density at radius 3 is 2.64 bits per heavy atom. The number of hydrogen-bond donors (Lipinski definition) is 1. The van der Waals surface area contributed by atoms with Gasteiger partial charge in [-0.1, -0.05) is 6.92 Å². The van der Waals surface area contributed by atoms with E-state index in [1.807, 2.05) is 0 Å². The molecule has 6 nitrogen and oxygen atoms in total. The predicted octanol–water partition coefficient (Wildman–Crippen LogP) is 4.32. The number of fused-ring (bicyclic) bond motifs is 1. The third kappa shape index (κ3) is 3.99. The van der Waals surface area contributed by atoms with Crippen molar-refractivity contribution in [2.45, 2.75) is 33.1 Å². The molecule has 0 radical (unpaired) electrons. The average molecular weight is 404 g/mol. The van der Waals surface area contributed by atoms with Crippen molar-refractivity contribution >= 4 is 28.2 Å². The van der Waals surface area contributed by atoms with E-state index in [2.05, 4.69) is 12.2 Å². The fourth-order valence-corrected chi connectivity index (χ4v) is 4.65. The number of ether oxygens (including phenoxy) is 3. The zero-order chi connectivity index (χ0) is 20.3. The molecule has 1 atom stereocenters. The summed E-state index contributed by atoms with van der Waals surface area (Å²) in [6.45, 7) is 4.25. The molecule has 7 heteroatoms. The molecule has 0 bridgehead atoms. The molecule has 1 aromatic heterocycles. The fraction of sp³-hybridized carbons (Fsp3) is 0.429. The minimum Gasteiger partial charge on any atom is -0.493 e. The van der Waals surface area contributed by atoms with Crippen molar-refractivity contribution in [2.24, 2.45) is 5.92 Å². The van der Waals surface area contributed by atoms with E-state index >= 15 is 0 Å². The molecule has 1 amide bonds. The van der Waals surface area contributed by atoms with Crippen LogP contribution in [-0.2, 0) is 17.6 Å². The van der Waals surface area contributed by atoms with E-state index in [1.165, 1.54) is 18.4 Å². The first kappa shape index (κ1) is 20.2. The summed E-state index contributed by atoms with van der Waals surface area (Å²) in [5, 5.41) is 3.46. The van der Waals surface area contributed by atoms with Gasteiger partial charge in [0.05, 0.1) is 26.4 Å². The van der Waals surface area contributed by atoms with Gasteiger partial charge in [0.1, 0.15) is 5.00 Å². The largest absolute Gasteiger partial charge is 0.493 e. The molecule has 28 heavy (non-hydrogen) atoms. The Balaban J connectivity index is 1.93. The summed E-state index contributed by atoms with van der Waals surface area (Å²) < 4.78 is 15.8. The van der Waals surface area contributed by atoms with Gasteiger partial charge in [-0.15, -0.1) is 11.3 Å². The van der Waals surface area contributed by atoms with Crippen LogP contribution in [0.5, 0.6) is 11.5 Å². The summed E-state index contributed by atoms with van der Waals surface area (Å²) >= 11 is 1.47. The molecule has 150 valence electrons. The van der Waals surface area contributed by atoms with Gasteiger partial charge in [-0.25, -0.2) is 4.79 Å². The first-order valence-electron chi connectivity index (χ1n) is 9.33. The van der Waals surface area contributed by atoms with Crippen LogP contribution in [0, 0.1) is 5.92 Å². The van der Waals surface area contributed by atoms with Crippen molar-refractivity contribution in [3.8, 4) is 11.5 Å². The highest BCUT2D eigenvalue weighted by molar-refractivity contribution is 7.17. The normalized spacial score (nSPS) is 15.5. The second-order valence-corrected chi connectivity index (χ2v) is 7.91. The topological polar surface area (TPSA) is 73.9 Å². The molecule has 1 heterocycles. The molecule has 0 saturated carbocycles. The highest BCUT2D eigenvalue weighted by atomic mass is 32.1. The van der Waals surface area contributed by atoms with Crippen LogP contribution >= 0.6 is 11.3 Å². The number of benzene rings is 1. The number of anilines is 1. The second kappa shape index (κ2) is 8.65. The number of esters is 1. The molecule has 3 rings (SSSR count). The summed E-state index contributed by atoms with van der Waals surface area (Å²) in [5.74, 6) is 0.839. The third-order valence-corrected chi connectivity index (χ3v) is 6.07. The van der Waals surface area contributed by atoms with Gasteiger partial charge in [0.25, 0.3) is 5.91 Å². The summed E-state index contributed by atoms with van der Waals surface area (Å²) in [6.07, 6.45) is 2.82. The Labute approximate surface area is 168 Å². The first-order valence-corrected chi connectivity index (χ1v) is 10.1. The van der Waals surface area contributed by atoms with E-state index in [4.69, 9.17) is 14.2 Å². The summed E-state index contributed by atoms with van der Waals surface area (Å²) in [4.78, 5) is 26.6. The van der Waals surface area contributed by atoms with Gasteiger partial charge >= 0.3 is 5.97 Å². The Kier molecular flexibility index (Phi) is 6.24. The summed E-state index contributed by atoms with van der Waals surface area (Å²) in [5.41, 5.74) is 1.94. The van der Waals surface area contributed by atoms with Crippen LogP contribution in [0.2, 0.25) is 0 Å². The van der Waals surface area contributed by atoms with Crippen LogP contribution in [0.25, 0.3) is 0 Å². The lowest BCUT2D eigenvalue weighted by atomic mass is 9.88. The van der Waals surface area contributed by atoms with E-state index in [-0.39, 0.29) is 11.9 Å². The van der Waals surface area contributed by atoms with Crippen LogP contribution in [0.3, 0.4) is 0 Å². The molecule has 2 aromatic rings. The predicted molar refractivity (Wildman–Crippen MR) is 109 cm³/mol. The number of carbonyl (C=O) groups excluding carboxylic acids is 2. The number of nitrogens with one attached hydrogen (secondary N) is 1. The number of hydrogen-bond acceptors (Lipinski definition) is 6. The fourth-order valence-electron chi connectivity index (χ4n) is 3.42. The third-order valence-electron chi connectivity index (χ3n) is 4.86. The van der Waals surface area contributed by atoms with Gasteiger partial charge in [0, 0.05) is 10.4 Å². The molecule has 0 spiro atoms. The minimum absolute atomic E-state index is 0.294. The standard InChI is InChI=1S/C21H25NO5S/c1-5-27-21(24)18-14-10-12(2)6-9-17(14)28-20(18)22-19(23)13-7-8-15(25-3)16(11-13)26-4/h7-8,11-12H,5-6,9-10H2,1-4H3,(H,22,23). The van der Waals surface area contributed by atoms with E-state index in [0.29, 0.717) is 40.2 Å². The molecule has 1 aromatic carbocycles. The van der Waals surface area contributed by atoms with E-state index in [0.717, 1.165) is 29.7 Å². The maximum Gasteiger partial charge on any atom is 0.341 e. The van der Waals surface area contributed by atoms with Crippen molar-refractivity contribution < 1.29 is 23.8 Å². The average Bonchev–Trinajstić information content (AvgIpc) is 3.04.